The number of amides is 3. The van der Waals surface area contributed by atoms with Crippen molar-refractivity contribution >= 4 is 35.5 Å². The van der Waals surface area contributed by atoms with Crippen molar-refractivity contribution in [2.75, 3.05) is 6.54 Å². The summed E-state index contributed by atoms with van der Waals surface area (Å²) in [5.74, 6) is -4.97. The van der Waals surface area contributed by atoms with Gasteiger partial charge in [0.05, 0.1) is 6.42 Å². The summed E-state index contributed by atoms with van der Waals surface area (Å²) in [5.41, 5.74) is 6.74. The van der Waals surface area contributed by atoms with Gasteiger partial charge in [0.1, 0.15) is 17.9 Å². The lowest BCUT2D eigenvalue weighted by Gasteiger charge is -2.20. The molecule has 0 saturated heterocycles. The van der Waals surface area contributed by atoms with Crippen molar-refractivity contribution < 1.29 is 34.2 Å². The second-order valence-electron chi connectivity index (χ2n) is 7.80. The van der Waals surface area contributed by atoms with E-state index in [0.717, 1.165) is 0 Å². The first kappa shape index (κ1) is 27.5. The first-order valence-electron chi connectivity index (χ1n) is 10.9. The number of nitrogen functional groups attached to an aromatic ring is 1. The average molecular weight is 498 g/mol. The third-order valence-corrected chi connectivity index (χ3v) is 5.02. The Morgan fingerprint density at radius 1 is 0.861 bits per heavy atom. The normalized spacial score (nSPS) is 12.0. The van der Waals surface area contributed by atoms with Crippen LogP contribution in [0, 0.1) is 5.41 Å². The summed E-state index contributed by atoms with van der Waals surface area (Å²) in [7, 11) is 0. The molecule has 0 aliphatic heterocycles. The van der Waals surface area contributed by atoms with E-state index in [4.69, 9.17) is 16.2 Å². The molecule has 12 nitrogen and oxygen atoms in total. The van der Waals surface area contributed by atoms with Gasteiger partial charge in [0.25, 0.3) is 5.91 Å². The standard InChI is InChI=1S/C24H27N5O7/c25-21(26)15-6-8-16(9-7-15)22(33)27-11-10-19(30)28-17(13-20(31)32)23(34)29-18(24(35)36)12-14-4-2-1-3-5-14/h1-9,17-18H,10-13H2,(H3,25,26)(H,27,33)(H,28,30)(H,29,34)(H,31,32)(H,35,36)/t17-,18?/m0/s1. The molecule has 0 aliphatic rings. The Labute approximate surface area is 206 Å². The molecule has 0 spiro atoms. The minimum absolute atomic E-state index is 0.0327. The molecule has 3 amide bonds. The fraction of sp³-hybridized carbons (Fsp3) is 0.250. The first-order chi connectivity index (χ1) is 17.1. The number of aliphatic carboxylic acids is 2. The molecule has 0 radical (unpaired) electrons. The summed E-state index contributed by atoms with van der Waals surface area (Å²) in [4.78, 5) is 59.9. The van der Waals surface area contributed by atoms with Crippen LogP contribution in [0.25, 0.3) is 0 Å². The Morgan fingerprint density at radius 3 is 2.03 bits per heavy atom. The smallest absolute Gasteiger partial charge is 0.326 e. The molecule has 190 valence electrons. The van der Waals surface area contributed by atoms with E-state index in [1.54, 1.807) is 30.3 Å². The van der Waals surface area contributed by atoms with Crippen molar-refractivity contribution in [2.45, 2.75) is 31.3 Å². The molecule has 2 aromatic rings. The second-order valence-corrected chi connectivity index (χ2v) is 7.80. The number of rotatable bonds is 13. The van der Waals surface area contributed by atoms with Crippen LogP contribution >= 0.6 is 0 Å². The van der Waals surface area contributed by atoms with Crippen molar-refractivity contribution in [3.63, 3.8) is 0 Å². The highest BCUT2D eigenvalue weighted by Crippen LogP contribution is 2.06. The first-order valence-corrected chi connectivity index (χ1v) is 10.9. The zero-order chi connectivity index (χ0) is 26.7. The van der Waals surface area contributed by atoms with Gasteiger partial charge in [-0.05, 0) is 17.7 Å². The Hall–Kier alpha value is -4.74. The molecule has 0 aromatic heterocycles. The van der Waals surface area contributed by atoms with Crippen LogP contribution in [0.1, 0.15) is 34.3 Å². The molecule has 0 saturated carbocycles. The van der Waals surface area contributed by atoms with Crippen LogP contribution in [0.4, 0.5) is 0 Å². The van der Waals surface area contributed by atoms with Gasteiger partial charge in [0.15, 0.2) is 0 Å². The molecule has 12 heteroatoms. The Bertz CT molecular complexity index is 1120. The molecule has 36 heavy (non-hydrogen) atoms. The monoisotopic (exact) mass is 497 g/mol. The molecule has 0 aliphatic carbocycles. The van der Waals surface area contributed by atoms with Gasteiger partial charge in [-0.2, -0.15) is 0 Å². The molecule has 0 bridgehead atoms. The van der Waals surface area contributed by atoms with Crippen LogP contribution in [0.3, 0.4) is 0 Å². The highest BCUT2D eigenvalue weighted by Gasteiger charge is 2.28. The van der Waals surface area contributed by atoms with Gasteiger partial charge in [-0.25, -0.2) is 4.79 Å². The van der Waals surface area contributed by atoms with Crippen molar-refractivity contribution in [2.24, 2.45) is 5.73 Å². The van der Waals surface area contributed by atoms with E-state index < -0.39 is 48.2 Å². The maximum absolute atomic E-state index is 12.6. The van der Waals surface area contributed by atoms with Crippen LogP contribution in [-0.4, -0.2) is 64.3 Å². The van der Waals surface area contributed by atoms with E-state index >= 15 is 0 Å². The quantitative estimate of drug-likeness (QED) is 0.146. The number of hydrogen-bond acceptors (Lipinski definition) is 6. The van der Waals surface area contributed by atoms with E-state index in [2.05, 4.69) is 16.0 Å². The number of carboxylic acids is 2. The van der Waals surface area contributed by atoms with E-state index in [-0.39, 0.29) is 30.8 Å². The summed E-state index contributed by atoms with van der Waals surface area (Å²) >= 11 is 0. The second kappa shape index (κ2) is 13.2. The Kier molecular flexibility index (Phi) is 10.1. The molecule has 2 atom stereocenters. The van der Waals surface area contributed by atoms with E-state index in [9.17, 15) is 29.1 Å². The molecule has 8 N–H and O–H groups in total. The molecular formula is C24H27N5O7. The zero-order valence-corrected chi connectivity index (χ0v) is 19.2. The van der Waals surface area contributed by atoms with E-state index in [1.165, 1.54) is 24.3 Å². The lowest BCUT2D eigenvalue weighted by Crippen LogP contribution is -2.53. The fourth-order valence-corrected chi connectivity index (χ4v) is 3.17. The van der Waals surface area contributed by atoms with Crippen molar-refractivity contribution in [1.82, 2.24) is 16.0 Å². The predicted octanol–water partition coefficient (Wildman–Crippen LogP) is -0.138. The largest absolute Gasteiger partial charge is 0.481 e. The lowest BCUT2D eigenvalue weighted by atomic mass is 10.1. The number of amidine groups is 1. The number of carboxylic acid groups (broad SMARTS) is 2. The van der Waals surface area contributed by atoms with Crippen molar-refractivity contribution in [3.8, 4) is 0 Å². The fourth-order valence-electron chi connectivity index (χ4n) is 3.17. The minimum atomic E-state index is -1.51. The van der Waals surface area contributed by atoms with Crippen LogP contribution in [0.2, 0.25) is 0 Å². The number of hydrogen-bond donors (Lipinski definition) is 7. The predicted molar refractivity (Wildman–Crippen MR) is 128 cm³/mol. The number of nitrogens with two attached hydrogens (primary N) is 1. The lowest BCUT2D eigenvalue weighted by molar-refractivity contribution is -0.143. The summed E-state index contributed by atoms with van der Waals surface area (Å²) < 4.78 is 0. The minimum Gasteiger partial charge on any atom is -0.481 e. The number of benzene rings is 2. The molecule has 0 heterocycles. The summed E-state index contributed by atoms with van der Waals surface area (Å²) in [5, 5.41) is 33.0. The Morgan fingerprint density at radius 2 is 1.47 bits per heavy atom. The number of nitrogens with one attached hydrogen (secondary N) is 4. The SMILES string of the molecule is N=C(N)c1ccc(C(=O)NCCC(=O)N[C@@H](CC(=O)O)C(=O)NC(Cc2ccccc2)C(=O)O)cc1. The van der Waals surface area contributed by atoms with Gasteiger partial charge in [-0.1, -0.05) is 42.5 Å². The van der Waals surface area contributed by atoms with Crippen molar-refractivity contribution in [3.05, 3.63) is 71.3 Å². The van der Waals surface area contributed by atoms with Crippen LogP contribution in [0.5, 0.6) is 0 Å². The highest BCUT2D eigenvalue weighted by molar-refractivity contribution is 5.98. The summed E-state index contributed by atoms with van der Waals surface area (Å²) in [6, 6.07) is 11.6. The van der Waals surface area contributed by atoms with Crippen LogP contribution < -0.4 is 21.7 Å². The summed E-state index contributed by atoms with van der Waals surface area (Å²) in [6.45, 7) is -0.105. The number of carbonyl (C=O) groups is 5. The van der Waals surface area contributed by atoms with E-state index in [0.29, 0.717) is 11.1 Å². The average Bonchev–Trinajstić information content (AvgIpc) is 2.83. The molecule has 2 aromatic carbocycles. The van der Waals surface area contributed by atoms with Gasteiger partial charge >= 0.3 is 11.9 Å². The van der Waals surface area contributed by atoms with Gasteiger partial charge < -0.3 is 31.9 Å². The van der Waals surface area contributed by atoms with Crippen LogP contribution in [-0.2, 0) is 25.6 Å². The highest BCUT2D eigenvalue weighted by atomic mass is 16.4. The van der Waals surface area contributed by atoms with Gasteiger partial charge in [-0.3, -0.25) is 24.6 Å². The molecule has 2 rings (SSSR count). The zero-order valence-electron chi connectivity index (χ0n) is 19.2. The third-order valence-electron chi connectivity index (χ3n) is 5.02. The van der Waals surface area contributed by atoms with Gasteiger partial charge in [0.2, 0.25) is 11.8 Å². The third kappa shape index (κ3) is 8.89. The molecule has 0 fully saturated rings. The van der Waals surface area contributed by atoms with Gasteiger partial charge in [-0.15, -0.1) is 0 Å². The topological polar surface area (TPSA) is 212 Å². The Balaban J connectivity index is 1.92. The maximum atomic E-state index is 12.6. The molecule has 1 unspecified atom stereocenters. The molecular weight excluding hydrogens is 470 g/mol. The van der Waals surface area contributed by atoms with Gasteiger partial charge in [0, 0.05) is 30.5 Å². The van der Waals surface area contributed by atoms with Crippen LogP contribution in [0.15, 0.2) is 54.6 Å². The number of carbonyl (C=O) groups excluding carboxylic acids is 3. The van der Waals surface area contributed by atoms with E-state index in [1.807, 2.05) is 0 Å². The summed E-state index contributed by atoms with van der Waals surface area (Å²) in [6.07, 6.45) is -1.05. The van der Waals surface area contributed by atoms with Crippen molar-refractivity contribution in [1.29, 1.82) is 5.41 Å². The maximum Gasteiger partial charge on any atom is 0.326 e.